The first-order valence-electron chi connectivity index (χ1n) is 4.30. The molecule has 0 radical (unpaired) electrons. The lowest BCUT2D eigenvalue weighted by atomic mass is 10.1. The molecule has 2 nitrogen and oxygen atoms in total. The third-order valence-corrected chi connectivity index (χ3v) is 1.85. The Morgan fingerprint density at radius 1 is 1.40 bits per heavy atom. The van der Waals surface area contributed by atoms with Crippen LogP contribution in [0, 0.1) is 0 Å². The van der Waals surface area contributed by atoms with Crippen LogP contribution in [0.15, 0.2) is 24.3 Å². The van der Waals surface area contributed by atoms with Crippen LogP contribution in [0.4, 0.5) is 13.2 Å². The molecule has 1 rings (SSSR count). The second-order valence-electron chi connectivity index (χ2n) is 3.03. The van der Waals surface area contributed by atoms with Gasteiger partial charge in [-0.1, -0.05) is 12.1 Å². The quantitative estimate of drug-likeness (QED) is 0.785. The molecule has 0 fully saturated rings. The summed E-state index contributed by atoms with van der Waals surface area (Å²) in [5, 5.41) is 2.59. The number of hydrogen-bond donors (Lipinski definition) is 1. The fourth-order valence-electron chi connectivity index (χ4n) is 1.13. The van der Waals surface area contributed by atoms with Crippen LogP contribution in [-0.4, -0.2) is 19.4 Å². The Morgan fingerprint density at radius 3 is 2.60 bits per heavy atom. The highest BCUT2D eigenvalue weighted by Crippen LogP contribution is 2.29. The summed E-state index contributed by atoms with van der Waals surface area (Å²) in [5.41, 5.74) is -0.733. The first kappa shape index (κ1) is 11.7. The minimum Gasteiger partial charge on any atom is -0.313 e. The van der Waals surface area contributed by atoms with Gasteiger partial charge in [-0.3, -0.25) is 4.79 Å². The predicted octanol–water partition coefficient (Wildman–Crippen LogP) is 2.11. The third-order valence-electron chi connectivity index (χ3n) is 1.85. The Hall–Kier alpha value is -1.36. The molecule has 0 amide bonds. The van der Waals surface area contributed by atoms with Crippen molar-refractivity contribution in [3.05, 3.63) is 35.4 Å². The Labute approximate surface area is 85.1 Å². The van der Waals surface area contributed by atoms with Gasteiger partial charge in [-0.05, 0) is 19.2 Å². The molecule has 1 N–H and O–H groups in total. The summed E-state index contributed by atoms with van der Waals surface area (Å²) in [6.45, 7) is 0.0291. The first-order chi connectivity index (χ1) is 6.95. The number of hydrogen-bond acceptors (Lipinski definition) is 2. The number of halogens is 3. The van der Waals surface area contributed by atoms with Crippen LogP contribution in [0.1, 0.15) is 15.9 Å². The van der Waals surface area contributed by atoms with Gasteiger partial charge in [0, 0.05) is 5.56 Å². The standard InChI is InChI=1S/C10H10F3NO/c1-14-6-9(15)7-3-2-4-8(5-7)10(11,12)13/h2-5,14H,6H2,1H3. The van der Waals surface area contributed by atoms with E-state index in [2.05, 4.69) is 5.32 Å². The lowest BCUT2D eigenvalue weighted by Crippen LogP contribution is -2.19. The average Bonchev–Trinajstić information content (AvgIpc) is 2.17. The zero-order valence-corrected chi connectivity index (χ0v) is 8.06. The minimum absolute atomic E-state index is 0.0291. The Kier molecular flexibility index (Phi) is 3.47. The van der Waals surface area contributed by atoms with Gasteiger partial charge >= 0.3 is 6.18 Å². The number of alkyl halides is 3. The van der Waals surface area contributed by atoms with Crippen molar-refractivity contribution in [2.24, 2.45) is 0 Å². The summed E-state index contributed by atoms with van der Waals surface area (Å²) in [6, 6.07) is 4.40. The molecule has 0 aliphatic rings. The SMILES string of the molecule is CNCC(=O)c1cccc(C(F)(F)F)c1. The van der Waals surface area contributed by atoms with E-state index in [1.165, 1.54) is 12.1 Å². The summed E-state index contributed by atoms with van der Waals surface area (Å²) in [6.07, 6.45) is -4.41. The van der Waals surface area contributed by atoms with E-state index in [0.29, 0.717) is 0 Å². The van der Waals surface area contributed by atoms with Crippen molar-refractivity contribution in [2.75, 3.05) is 13.6 Å². The van der Waals surface area contributed by atoms with Crippen LogP contribution in [0.2, 0.25) is 0 Å². The van der Waals surface area contributed by atoms with Crippen molar-refractivity contribution >= 4 is 5.78 Å². The van der Waals surface area contributed by atoms with Gasteiger partial charge in [-0.15, -0.1) is 0 Å². The third kappa shape index (κ3) is 3.06. The molecule has 1 aromatic rings. The summed E-state index contributed by atoms with van der Waals surface area (Å²) in [4.78, 5) is 11.3. The van der Waals surface area contributed by atoms with E-state index >= 15 is 0 Å². The number of benzene rings is 1. The molecule has 1 aromatic carbocycles. The molecule has 5 heteroatoms. The lowest BCUT2D eigenvalue weighted by molar-refractivity contribution is -0.137. The molecule has 82 valence electrons. The number of likely N-dealkylation sites (N-methyl/N-ethyl adjacent to an activating group) is 1. The van der Waals surface area contributed by atoms with Gasteiger partial charge in [0.15, 0.2) is 5.78 Å². The van der Waals surface area contributed by atoms with Crippen molar-refractivity contribution < 1.29 is 18.0 Å². The number of ketones is 1. The monoisotopic (exact) mass is 217 g/mol. The average molecular weight is 217 g/mol. The molecule has 0 aliphatic carbocycles. The van der Waals surface area contributed by atoms with Crippen LogP contribution in [0.3, 0.4) is 0 Å². The van der Waals surface area contributed by atoms with Crippen LogP contribution >= 0.6 is 0 Å². The molecule has 0 heterocycles. The summed E-state index contributed by atoms with van der Waals surface area (Å²) in [7, 11) is 1.56. The number of rotatable bonds is 3. The zero-order chi connectivity index (χ0) is 11.5. The minimum atomic E-state index is -4.41. The number of carbonyl (C=O) groups is 1. The molecule has 0 saturated carbocycles. The van der Waals surface area contributed by atoms with Crippen LogP contribution in [0.5, 0.6) is 0 Å². The number of Topliss-reactive ketones (excluding diaryl/α,β-unsaturated/α-hetero) is 1. The van der Waals surface area contributed by atoms with Gasteiger partial charge in [0.2, 0.25) is 0 Å². The van der Waals surface area contributed by atoms with Crippen molar-refractivity contribution in [2.45, 2.75) is 6.18 Å². The van der Waals surface area contributed by atoms with Gasteiger partial charge in [-0.25, -0.2) is 0 Å². The maximum atomic E-state index is 12.3. The molecule has 0 spiro atoms. The maximum Gasteiger partial charge on any atom is 0.416 e. The van der Waals surface area contributed by atoms with Crippen molar-refractivity contribution in [1.82, 2.24) is 5.32 Å². The highest BCUT2D eigenvalue weighted by Gasteiger charge is 2.30. The summed E-state index contributed by atoms with van der Waals surface area (Å²) in [5.74, 6) is -0.358. The van der Waals surface area contributed by atoms with E-state index in [-0.39, 0.29) is 17.9 Å². The number of nitrogens with one attached hydrogen (secondary N) is 1. The molecular formula is C10H10F3NO. The second kappa shape index (κ2) is 4.44. The zero-order valence-electron chi connectivity index (χ0n) is 8.06. The fourth-order valence-corrected chi connectivity index (χ4v) is 1.13. The van der Waals surface area contributed by atoms with E-state index < -0.39 is 11.7 Å². The van der Waals surface area contributed by atoms with E-state index in [1.54, 1.807) is 7.05 Å². The van der Waals surface area contributed by atoms with E-state index in [9.17, 15) is 18.0 Å². The van der Waals surface area contributed by atoms with Gasteiger partial charge < -0.3 is 5.32 Å². The van der Waals surface area contributed by atoms with Crippen LogP contribution < -0.4 is 5.32 Å². The van der Waals surface area contributed by atoms with E-state index in [4.69, 9.17) is 0 Å². The van der Waals surface area contributed by atoms with Crippen molar-refractivity contribution in [3.8, 4) is 0 Å². The molecule has 0 atom stereocenters. The van der Waals surface area contributed by atoms with Gasteiger partial charge in [0.05, 0.1) is 12.1 Å². The van der Waals surface area contributed by atoms with Crippen LogP contribution in [0.25, 0.3) is 0 Å². The molecule has 0 unspecified atom stereocenters. The Bertz CT molecular complexity index is 360. The molecule has 15 heavy (non-hydrogen) atoms. The molecule has 0 aromatic heterocycles. The van der Waals surface area contributed by atoms with Crippen LogP contribution in [-0.2, 0) is 6.18 Å². The van der Waals surface area contributed by atoms with E-state index in [1.807, 2.05) is 0 Å². The number of carbonyl (C=O) groups excluding carboxylic acids is 1. The lowest BCUT2D eigenvalue weighted by Gasteiger charge is -2.07. The highest BCUT2D eigenvalue weighted by molar-refractivity contribution is 5.97. The maximum absolute atomic E-state index is 12.3. The Balaban J connectivity index is 2.98. The molecule has 0 bridgehead atoms. The van der Waals surface area contributed by atoms with Crippen molar-refractivity contribution in [1.29, 1.82) is 0 Å². The molecular weight excluding hydrogens is 207 g/mol. The topological polar surface area (TPSA) is 29.1 Å². The summed E-state index contributed by atoms with van der Waals surface area (Å²) < 4.78 is 36.9. The smallest absolute Gasteiger partial charge is 0.313 e. The first-order valence-corrected chi connectivity index (χ1v) is 4.30. The highest BCUT2D eigenvalue weighted by atomic mass is 19.4. The van der Waals surface area contributed by atoms with Gasteiger partial charge in [-0.2, -0.15) is 13.2 Å². The second-order valence-corrected chi connectivity index (χ2v) is 3.03. The Morgan fingerprint density at radius 2 is 2.07 bits per heavy atom. The van der Waals surface area contributed by atoms with Gasteiger partial charge in [0.25, 0.3) is 0 Å². The fraction of sp³-hybridized carbons (Fsp3) is 0.300. The van der Waals surface area contributed by atoms with E-state index in [0.717, 1.165) is 12.1 Å². The predicted molar refractivity (Wildman–Crippen MR) is 49.7 cm³/mol. The van der Waals surface area contributed by atoms with Crippen molar-refractivity contribution in [3.63, 3.8) is 0 Å². The molecule has 0 aliphatic heterocycles. The normalized spacial score (nSPS) is 11.5. The molecule has 0 saturated heterocycles. The summed E-state index contributed by atoms with van der Waals surface area (Å²) >= 11 is 0. The van der Waals surface area contributed by atoms with Gasteiger partial charge in [0.1, 0.15) is 0 Å². The largest absolute Gasteiger partial charge is 0.416 e.